The minimum absolute atomic E-state index is 0.228. The van der Waals surface area contributed by atoms with E-state index in [0.29, 0.717) is 17.0 Å². The van der Waals surface area contributed by atoms with Gasteiger partial charge in [-0.3, -0.25) is 4.79 Å². The molecule has 0 fully saturated rings. The molecule has 2 aromatic rings. The first-order valence-electron chi connectivity index (χ1n) is 6.33. The molecule has 0 radical (unpaired) electrons. The number of benzene rings is 2. The number of carbonyl (C=O) groups is 1. The van der Waals surface area contributed by atoms with Gasteiger partial charge in [-0.25, -0.2) is 5.43 Å². The van der Waals surface area contributed by atoms with Crippen molar-refractivity contribution in [3.05, 3.63) is 65.2 Å². The first kappa shape index (κ1) is 13.8. The van der Waals surface area contributed by atoms with Crippen molar-refractivity contribution in [1.82, 2.24) is 5.43 Å². The standard InChI is InChI=1S/C16H17N3O/c1-11-6-8-13(9-7-11)16(20)19-18-12(2)14-4-3-5-15(17)10-14/h3-10H,17H2,1-2H3,(H,19,20). The molecule has 4 nitrogen and oxygen atoms in total. The van der Waals surface area contributed by atoms with E-state index in [9.17, 15) is 4.79 Å². The Morgan fingerprint density at radius 2 is 1.80 bits per heavy atom. The maximum atomic E-state index is 11.9. The van der Waals surface area contributed by atoms with Gasteiger partial charge in [0.15, 0.2) is 0 Å². The molecule has 0 saturated carbocycles. The van der Waals surface area contributed by atoms with Gasteiger partial charge in [0.05, 0.1) is 5.71 Å². The average molecular weight is 267 g/mol. The lowest BCUT2D eigenvalue weighted by molar-refractivity contribution is 0.0955. The van der Waals surface area contributed by atoms with Crippen LogP contribution in [0.3, 0.4) is 0 Å². The summed E-state index contributed by atoms with van der Waals surface area (Å²) in [5.74, 6) is -0.228. The van der Waals surface area contributed by atoms with Crippen molar-refractivity contribution in [2.75, 3.05) is 5.73 Å². The predicted molar refractivity (Wildman–Crippen MR) is 81.7 cm³/mol. The van der Waals surface area contributed by atoms with Gasteiger partial charge in [-0.2, -0.15) is 5.10 Å². The van der Waals surface area contributed by atoms with E-state index < -0.39 is 0 Å². The lowest BCUT2D eigenvalue weighted by Crippen LogP contribution is -2.19. The molecule has 0 aliphatic rings. The number of nitrogens with two attached hydrogens (primary N) is 1. The monoisotopic (exact) mass is 267 g/mol. The number of nitrogens with one attached hydrogen (secondary N) is 1. The third-order valence-electron chi connectivity index (χ3n) is 2.94. The predicted octanol–water partition coefficient (Wildman–Crippen LogP) is 2.73. The highest BCUT2D eigenvalue weighted by molar-refractivity contribution is 6.01. The summed E-state index contributed by atoms with van der Waals surface area (Å²) in [6.07, 6.45) is 0. The van der Waals surface area contributed by atoms with Crippen LogP contribution in [-0.2, 0) is 0 Å². The molecule has 102 valence electrons. The molecule has 0 aliphatic heterocycles. The Morgan fingerprint density at radius 3 is 2.45 bits per heavy atom. The minimum atomic E-state index is -0.228. The van der Waals surface area contributed by atoms with E-state index in [0.717, 1.165) is 11.1 Å². The van der Waals surface area contributed by atoms with Crippen LogP contribution >= 0.6 is 0 Å². The SMILES string of the molecule is CC(=NNC(=O)c1ccc(C)cc1)c1cccc(N)c1. The molecule has 4 heteroatoms. The highest BCUT2D eigenvalue weighted by Crippen LogP contribution is 2.08. The normalized spacial score (nSPS) is 11.2. The van der Waals surface area contributed by atoms with Crippen LogP contribution < -0.4 is 11.2 Å². The van der Waals surface area contributed by atoms with Crippen molar-refractivity contribution in [2.24, 2.45) is 5.10 Å². The molecule has 0 bridgehead atoms. The van der Waals surface area contributed by atoms with E-state index in [1.165, 1.54) is 0 Å². The molecule has 2 rings (SSSR count). The van der Waals surface area contributed by atoms with Gasteiger partial charge in [0.25, 0.3) is 5.91 Å². The number of carbonyl (C=O) groups excluding carboxylic acids is 1. The first-order chi connectivity index (χ1) is 9.56. The number of nitrogens with zero attached hydrogens (tertiary/aromatic N) is 1. The van der Waals surface area contributed by atoms with Crippen molar-refractivity contribution in [3.63, 3.8) is 0 Å². The largest absolute Gasteiger partial charge is 0.399 e. The van der Waals surface area contributed by atoms with Crippen molar-refractivity contribution < 1.29 is 4.79 Å². The van der Waals surface area contributed by atoms with E-state index >= 15 is 0 Å². The lowest BCUT2D eigenvalue weighted by atomic mass is 10.1. The van der Waals surface area contributed by atoms with Gasteiger partial charge in [0, 0.05) is 11.3 Å². The molecular weight excluding hydrogens is 250 g/mol. The molecular formula is C16H17N3O. The molecule has 0 spiro atoms. The van der Waals surface area contributed by atoms with Gasteiger partial charge in [-0.1, -0.05) is 29.8 Å². The fraction of sp³-hybridized carbons (Fsp3) is 0.125. The molecule has 2 aromatic carbocycles. The number of nitrogen functional groups attached to an aromatic ring is 1. The van der Waals surface area contributed by atoms with Crippen molar-refractivity contribution in [3.8, 4) is 0 Å². The minimum Gasteiger partial charge on any atom is -0.399 e. The van der Waals surface area contributed by atoms with Crippen molar-refractivity contribution >= 4 is 17.3 Å². The van der Waals surface area contributed by atoms with Crippen LogP contribution in [0.2, 0.25) is 0 Å². The number of amides is 1. The Labute approximate surface area is 118 Å². The van der Waals surface area contributed by atoms with Crippen LogP contribution in [0.5, 0.6) is 0 Å². The maximum Gasteiger partial charge on any atom is 0.271 e. The Morgan fingerprint density at radius 1 is 1.10 bits per heavy atom. The third-order valence-corrected chi connectivity index (χ3v) is 2.94. The fourth-order valence-corrected chi connectivity index (χ4v) is 1.73. The van der Waals surface area contributed by atoms with Crippen LogP contribution in [-0.4, -0.2) is 11.6 Å². The summed E-state index contributed by atoms with van der Waals surface area (Å²) >= 11 is 0. The second-order valence-electron chi connectivity index (χ2n) is 4.63. The zero-order valence-corrected chi connectivity index (χ0v) is 11.6. The summed E-state index contributed by atoms with van der Waals surface area (Å²) < 4.78 is 0. The van der Waals surface area contributed by atoms with Gasteiger partial charge in [-0.05, 0) is 43.7 Å². The zero-order chi connectivity index (χ0) is 14.5. The molecule has 0 heterocycles. The molecule has 3 N–H and O–H groups in total. The molecule has 0 atom stereocenters. The fourth-order valence-electron chi connectivity index (χ4n) is 1.73. The van der Waals surface area contributed by atoms with Gasteiger partial charge in [-0.15, -0.1) is 0 Å². The molecule has 0 aromatic heterocycles. The molecule has 0 aliphatic carbocycles. The van der Waals surface area contributed by atoms with Gasteiger partial charge >= 0.3 is 0 Å². The number of hydrogen-bond donors (Lipinski definition) is 2. The van der Waals surface area contributed by atoms with Crippen molar-refractivity contribution in [2.45, 2.75) is 13.8 Å². The molecule has 0 saturated heterocycles. The zero-order valence-electron chi connectivity index (χ0n) is 11.6. The van der Waals surface area contributed by atoms with Gasteiger partial charge < -0.3 is 5.73 Å². The topological polar surface area (TPSA) is 67.5 Å². The second-order valence-corrected chi connectivity index (χ2v) is 4.63. The highest BCUT2D eigenvalue weighted by atomic mass is 16.2. The van der Waals surface area contributed by atoms with Crippen LogP contribution in [0.4, 0.5) is 5.69 Å². The number of rotatable bonds is 3. The third kappa shape index (κ3) is 3.45. The number of anilines is 1. The van der Waals surface area contributed by atoms with Gasteiger partial charge in [0.2, 0.25) is 0 Å². The Balaban J connectivity index is 2.08. The van der Waals surface area contributed by atoms with E-state index in [1.807, 2.05) is 50.2 Å². The Bertz CT molecular complexity index is 645. The molecule has 0 unspecified atom stereocenters. The summed E-state index contributed by atoms with van der Waals surface area (Å²) in [5.41, 5.74) is 12.2. The van der Waals surface area contributed by atoms with Crippen LogP contribution in [0.1, 0.15) is 28.4 Å². The highest BCUT2D eigenvalue weighted by Gasteiger charge is 2.04. The smallest absolute Gasteiger partial charge is 0.271 e. The van der Waals surface area contributed by atoms with Crippen LogP contribution in [0.25, 0.3) is 0 Å². The van der Waals surface area contributed by atoms with E-state index in [2.05, 4.69) is 10.5 Å². The number of aryl methyl sites for hydroxylation is 1. The summed E-state index contributed by atoms with van der Waals surface area (Å²) in [6, 6.07) is 14.7. The van der Waals surface area contributed by atoms with E-state index in [1.54, 1.807) is 12.1 Å². The Kier molecular flexibility index (Phi) is 4.15. The summed E-state index contributed by atoms with van der Waals surface area (Å²) in [7, 11) is 0. The summed E-state index contributed by atoms with van der Waals surface area (Å²) in [5, 5.41) is 4.10. The second kappa shape index (κ2) is 6.02. The van der Waals surface area contributed by atoms with Crippen LogP contribution in [0.15, 0.2) is 53.6 Å². The average Bonchev–Trinajstić information content (AvgIpc) is 2.45. The Hall–Kier alpha value is -2.62. The van der Waals surface area contributed by atoms with Crippen LogP contribution in [0, 0.1) is 6.92 Å². The van der Waals surface area contributed by atoms with Crippen molar-refractivity contribution in [1.29, 1.82) is 0 Å². The summed E-state index contributed by atoms with van der Waals surface area (Å²) in [4.78, 5) is 11.9. The lowest BCUT2D eigenvalue weighted by Gasteiger charge is -2.04. The quantitative estimate of drug-likeness (QED) is 0.510. The maximum absolute atomic E-state index is 11.9. The van der Waals surface area contributed by atoms with Gasteiger partial charge in [0.1, 0.15) is 0 Å². The summed E-state index contributed by atoms with van der Waals surface area (Å²) in [6.45, 7) is 3.80. The number of hydrogen-bond acceptors (Lipinski definition) is 3. The molecule has 1 amide bonds. The first-order valence-corrected chi connectivity index (χ1v) is 6.33. The van der Waals surface area contributed by atoms with E-state index in [4.69, 9.17) is 5.73 Å². The number of hydrazone groups is 1. The van der Waals surface area contributed by atoms with E-state index in [-0.39, 0.29) is 5.91 Å². The molecule has 20 heavy (non-hydrogen) atoms.